The van der Waals surface area contributed by atoms with Gasteiger partial charge in [0.1, 0.15) is 0 Å². The minimum absolute atomic E-state index is 0.455. The molecule has 0 amide bonds. The van der Waals surface area contributed by atoms with Gasteiger partial charge in [-0.25, -0.2) is 0 Å². The molecule has 0 heterocycles. The van der Waals surface area contributed by atoms with Crippen LogP contribution in [0.2, 0.25) is 0 Å². The third-order valence-electron chi connectivity index (χ3n) is 2.82. The lowest BCUT2D eigenvalue weighted by Gasteiger charge is -2.18. The van der Waals surface area contributed by atoms with Crippen molar-refractivity contribution in [1.82, 2.24) is 0 Å². The fourth-order valence-corrected chi connectivity index (χ4v) is 1.92. The van der Waals surface area contributed by atoms with Crippen LogP contribution < -0.4 is 0 Å². The summed E-state index contributed by atoms with van der Waals surface area (Å²) in [5, 5.41) is 10.0. The minimum Gasteiger partial charge on any atom is -0.389 e. The molecule has 0 aliphatic heterocycles. The summed E-state index contributed by atoms with van der Waals surface area (Å²) in [6, 6.07) is 8.31. The van der Waals surface area contributed by atoms with E-state index in [2.05, 4.69) is 12.1 Å². The van der Waals surface area contributed by atoms with Gasteiger partial charge in [-0.2, -0.15) is 0 Å². The molecule has 0 radical (unpaired) electrons. The Bertz CT molecular complexity index is 266. The average molecular weight is 162 g/mol. The van der Waals surface area contributed by atoms with Gasteiger partial charge in [0.2, 0.25) is 0 Å². The highest BCUT2D eigenvalue weighted by Crippen LogP contribution is 2.31. The molecule has 1 aliphatic rings. The van der Waals surface area contributed by atoms with E-state index in [0.717, 1.165) is 19.3 Å². The average Bonchev–Trinajstić information content (AvgIpc) is 2.42. The van der Waals surface area contributed by atoms with Crippen LogP contribution in [0.4, 0.5) is 0 Å². The molecule has 0 atom stereocenters. The smallest absolute Gasteiger partial charge is 0.0725 e. The highest BCUT2D eigenvalue weighted by atomic mass is 16.3. The Morgan fingerprint density at radius 2 is 1.75 bits per heavy atom. The van der Waals surface area contributed by atoms with Crippen LogP contribution in [0, 0.1) is 0 Å². The minimum atomic E-state index is -0.455. The van der Waals surface area contributed by atoms with Crippen LogP contribution in [-0.4, -0.2) is 10.7 Å². The first-order valence-corrected chi connectivity index (χ1v) is 4.53. The topological polar surface area (TPSA) is 20.2 Å². The van der Waals surface area contributed by atoms with Crippen LogP contribution in [0.1, 0.15) is 24.5 Å². The van der Waals surface area contributed by atoms with E-state index in [9.17, 15) is 5.11 Å². The van der Waals surface area contributed by atoms with Crippen molar-refractivity contribution in [2.45, 2.75) is 31.8 Å². The summed E-state index contributed by atoms with van der Waals surface area (Å²) in [6.45, 7) is 2.05. The molecule has 1 N–H and O–H groups in total. The molecule has 0 spiro atoms. The monoisotopic (exact) mass is 162 g/mol. The summed E-state index contributed by atoms with van der Waals surface area (Å²) in [4.78, 5) is 0. The quantitative estimate of drug-likeness (QED) is 0.669. The number of aliphatic hydroxyl groups is 1. The van der Waals surface area contributed by atoms with Crippen molar-refractivity contribution in [3.63, 3.8) is 0 Å². The molecule has 1 heteroatoms. The summed E-state index contributed by atoms with van der Waals surface area (Å²) in [5.74, 6) is 0. The normalized spacial score (nSPS) is 19.2. The van der Waals surface area contributed by atoms with Gasteiger partial charge >= 0.3 is 0 Å². The Labute approximate surface area is 73.0 Å². The van der Waals surface area contributed by atoms with Gasteiger partial charge in [0.15, 0.2) is 0 Å². The first-order chi connectivity index (χ1) is 5.73. The van der Waals surface area contributed by atoms with E-state index >= 15 is 0 Å². The van der Waals surface area contributed by atoms with E-state index in [-0.39, 0.29) is 0 Å². The molecule has 2 rings (SSSR count). The van der Waals surface area contributed by atoms with Gasteiger partial charge in [-0.1, -0.05) is 31.2 Å². The Morgan fingerprint density at radius 1 is 1.25 bits per heavy atom. The molecule has 12 heavy (non-hydrogen) atoms. The molecule has 1 nitrogen and oxygen atoms in total. The third kappa shape index (κ3) is 1.14. The first kappa shape index (κ1) is 7.81. The third-order valence-corrected chi connectivity index (χ3v) is 2.82. The largest absolute Gasteiger partial charge is 0.389 e. The van der Waals surface area contributed by atoms with Gasteiger partial charge in [0, 0.05) is 12.8 Å². The summed E-state index contributed by atoms with van der Waals surface area (Å²) in [7, 11) is 0. The van der Waals surface area contributed by atoms with Crippen LogP contribution >= 0.6 is 0 Å². The van der Waals surface area contributed by atoms with Gasteiger partial charge in [0.05, 0.1) is 5.60 Å². The standard InChI is InChI=1S/C11H14O/c1-2-11(12)7-9-5-3-4-6-10(9)8-11/h3-6,12H,2,7-8H2,1H3. The van der Waals surface area contributed by atoms with Crippen LogP contribution in [0.25, 0.3) is 0 Å². The van der Waals surface area contributed by atoms with Crippen molar-refractivity contribution in [2.24, 2.45) is 0 Å². The highest BCUT2D eigenvalue weighted by Gasteiger charge is 2.32. The van der Waals surface area contributed by atoms with Crippen molar-refractivity contribution >= 4 is 0 Å². The zero-order valence-corrected chi connectivity index (χ0v) is 7.38. The second-order valence-electron chi connectivity index (χ2n) is 3.70. The van der Waals surface area contributed by atoms with Crippen LogP contribution in [-0.2, 0) is 12.8 Å². The van der Waals surface area contributed by atoms with Gasteiger partial charge in [0.25, 0.3) is 0 Å². The molecule has 1 aromatic carbocycles. The fraction of sp³-hybridized carbons (Fsp3) is 0.455. The van der Waals surface area contributed by atoms with E-state index in [1.807, 2.05) is 19.1 Å². The number of hydrogen-bond acceptors (Lipinski definition) is 1. The summed E-state index contributed by atoms with van der Waals surface area (Å²) in [6.07, 6.45) is 2.51. The summed E-state index contributed by atoms with van der Waals surface area (Å²) in [5.41, 5.74) is 2.19. The van der Waals surface area contributed by atoms with E-state index in [4.69, 9.17) is 0 Å². The molecule has 1 aromatic rings. The molecule has 0 bridgehead atoms. The SMILES string of the molecule is CCC1(O)Cc2ccccc2C1. The Kier molecular flexibility index (Phi) is 1.69. The second kappa shape index (κ2) is 2.60. The number of rotatable bonds is 1. The Morgan fingerprint density at radius 3 is 2.17 bits per heavy atom. The van der Waals surface area contributed by atoms with Gasteiger partial charge < -0.3 is 5.11 Å². The molecule has 0 unspecified atom stereocenters. The maximum absolute atomic E-state index is 10.0. The van der Waals surface area contributed by atoms with E-state index < -0.39 is 5.60 Å². The van der Waals surface area contributed by atoms with Gasteiger partial charge in [-0.3, -0.25) is 0 Å². The Balaban J connectivity index is 2.33. The van der Waals surface area contributed by atoms with Crippen molar-refractivity contribution in [1.29, 1.82) is 0 Å². The van der Waals surface area contributed by atoms with Crippen LogP contribution in [0.3, 0.4) is 0 Å². The maximum Gasteiger partial charge on any atom is 0.0725 e. The van der Waals surface area contributed by atoms with Crippen LogP contribution in [0.15, 0.2) is 24.3 Å². The van der Waals surface area contributed by atoms with Crippen molar-refractivity contribution < 1.29 is 5.11 Å². The number of benzene rings is 1. The Hall–Kier alpha value is -0.820. The van der Waals surface area contributed by atoms with Crippen molar-refractivity contribution in [3.8, 4) is 0 Å². The van der Waals surface area contributed by atoms with Crippen LogP contribution in [0.5, 0.6) is 0 Å². The molecule has 64 valence electrons. The molecule has 0 aromatic heterocycles. The van der Waals surface area contributed by atoms with Gasteiger partial charge in [-0.05, 0) is 17.5 Å². The van der Waals surface area contributed by atoms with Gasteiger partial charge in [-0.15, -0.1) is 0 Å². The van der Waals surface area contributed by atoms with E-state index in [0.29, 0.717) is 0 Å². The number of fused-ring (bicyclic) bond motifs is 1. The summed E-state index contributed by atoms with van der Waals surface area (Å²) >= 11 is 0. The van der Waals surface area contributed by atoms with E-state index in [1.165, 1.54) is 11.1 Å². The lowest BCUT2D eigenvalue weighted by molar-refractivity contribution is 0.0475. The number of hydrogen-bond donors (Lipinski definition) is 1. The molecular formula is C11H14O. The highest BCUT2D eigenvalue weighted by molar-refractivity contribution is 5.34. The molecule has 0 fully saturated rings. The lowest BCUT2D eigenvalue weighted by Crippen LogP contribution is -2.27. The molecule has 1 aliphatic carbocycles. The molecule has 0 saturated heterocycles. The predicted octanol–water partition coefficient (Wildman–Crippen LogP) is 1.93. The zero-order valence-electron chi connectivity index (χ0n) is 7.38. The maximum atomic E-state index is 10.0. The lowest BCUT2D eigenvalue weighted by atomic mass is 9.98. The van der Waals surface area contributed by atoms with E-state index in [1.54, 1.807) is 0 Å². The molecular weight excluding hydrogens is 148 g/mol. The second-order valence-corrected chi connectivity index (χ2v) is 3.70. The molecule has 0 saturated carbocycles. The van der Waals surface area contributed by atoms with Crippen molar-refractivity contribution in [3.05, 3.63) is 35.4 Å². The summed E-state index contributed by atoms with van der Waals surface area (Å²) < 4.78 is 0. The fourth-order valence-electron chi connectivity index (χ4n) is 1.92. The predicted molar refractivity (Wildman–Crippen MR) is 49.1 cm³/mol. The first-order valence-electron chi connectivity index (χ1n) is 4.53. The van der Waals surface area contributed by atoms with Crippen molar-refractivity contribution in [2.75, 3.05) is 0 Å². The zero-order chi connectivity index (χ0) is 8.60.